The Morgan fingerprint density at radius 2 is 2.19 bits per heavy atom. The van der Waals surface area contributed by atoms with Crippen LogP contribution in [-0.4, -0.2) is 31.3 Å². The Balaban J connectivity index is 1.53. The smallest absolute Gasteiger partial charge is 0.220 e. The second-order valence-corrected chi connectivity index (χ2v) is 7.51. The molecule has 21 heavy (non-hydrogen) atoms. The molecule has 2 rings (SSSR count). The van der Waals surface area contributed by atoms with Crippen molar-refractivity contribution >= 4 is 33.6 Å². The van der Waals surface area contributed by atoms with E-state index in [9.17, 15) is 4.79 Å². The van der Waals surface area contributed by atoms with Crippen LogP contribution in [0.1, 0.15) is 25.7 Å². The Kier molecular flexibility index (Phi) is 7.61. The maximum Gasteiger partial charge on any atom is 0.220 e. The lowest BCUT2D eigenvalue weighted by molar-refractivity contribution is -0.121. The summed E-state index contributed by atoms with van der Waals surface area (Å²) in [6.45, 7) is 2.99. The summed E-state index contributed by atoms with van der Waals surface area (Å²) >= 11 is 5.24. The lowest BCUT2D eigenvalue weighted by Gasteiger charge is -2.22. The molecule has 1 aromatic carbocycles. The van der Waals surface area contributed by atoms with E-state index in [1.54, 1.807) is 11.8 Å². The van der Waals surface area contributed by atoms with Crippen molar-refractivity contribution in [3.63, 3.8) is 0 Å². The summed E-state index contributed by atoms with van der Waals surface area (Å²) < 4.78 is 1.10. The Morgan fingerprint density at radius 3 is 2.90 bits per heavy atom. The summed E-state index contributed by atoms with van der Waals surface area (Å²) in [5.41, 5.74) is 0. The predicted octanol–water partition coefficient (Wildman–Crippen LogP) is 3.44. The zero-order valence-electron chi connectivity index (χ0n) is 12.2. The molecule has 5 heteroatoms. The first-order valence-corrected chi connectivity index (χ1v) is 9.37. The maximum atomic E-state index is 11.8. The molecular weight excluding hydrogens is 348 g/mol. The third-order valence-electron chi connectivity index (χ3n) is 3.62. The van der Waals surface area contributed by atoms with Crippen LogP contribution < -0.4 is 10.6 Å². The van der Waals surface area contributed by atoms with Gasteiger partial charge in [-0.15, -0.1) is 11.8 Å². The number of piperidine rings is 1. The highest BCUT2D eigenvalue weighted by atomic mass is 79.9. The number of carbonyl (C=O) groups excluding carboxylic acids is 1. The van der Waals surface area contributed by atoms with Crippen LogP contribution in [0.5, 0.6) is 0 Å². The third kappa shape index (κ3) is 6.85. The van der Waals surface area contributed by atoms with Crippen molar-refractivity contribution in [1.82, 2.24) is 10.6 Å². The summed E-state index contributed by atoms with van der Waals surface area (Å²) in [6.07, 6.45) is 4.01. The van der Waals surface area contributed by atoms with Crippen molar-refractivity contribution in [3.05, 3.63) is 28.7 Å². The van der Waals surface area contributed by atoms with Crippen LogP contribution in [0.3, 0.4) is 0 Å². The first-order valence-electron chi connectivity index (χ1n) is 7.60. The van der Waals surface area contributed by atoms with E-state index in [0.717, 1.165) is 36.3 Å². The Hall–Kier alpha value is -0.520. The molecule has 0 spiro atoms. The number of thioether (sulfide) groups is 1. The van der Waals surface area contributed by atoms with Gasteiger partial charge in [0.05, 0.1) is 0 Å². The van der Waals surface area contributed by atoms with Crippen molar-refractivity contribution < 1.29 is 4.79 Å². The van der Waals surface area contributed by atoms with Crippen LogP contribution in [0.2, 0.25) is 0 Å². The van der Waals surface area contributed by atoms with Crippen molar-refractivity contribution in [1.29, 1.82) is 0 Å². The number of halogens is 1. The van der Waals surface area contributed by atoms with Gasteiger partial charge in [0.2, 0.25) is 5.91 Å². The summed E-state index contributed by atoms with van der Waals surface area (Å²) in [6, 6.07) is 8.30. The van der Waals surface area contributed by atoms with Gasteiger partial charge in [0.15, 0.2) is 0 Å². The Labute approximate surface area is 139 Å². The molecule has 1 atom stereocenters. The van der Waals surface area contributed by atoms with Gasteiger partial charge in [-0.2, -0.15) is 0 Å². The van der Waals surface area contributed by atoms with Crippen LogP contribution in [0.25, 0.3) is 0 Å². The topological polar surface area (TPSA) is 41.1 Å². The van der Waals surface area contributed by atoms with E-state index in [1.165, 1.54) is 17.7 Å². The Bertz CT molecular complexity index is 432. The molecule has 0 saturated carbocycles. The Morgan fingerprint density at radius 1 is 1.38 bits per heavy atom. The average molecular weight is 371 g/mol. The number of carbonyl (C=O) groups is 1. The fraction of sp³-hybridized carbons (Fsp3) is 0.562. The minimum atomic E-state index is 0.192. The van der Waals surface area contributed by atoms with Crippen LogP contribution in [0.15, 0.2) is 33.6 Å². The zero-order valence-corrected chi connectivity index (χ0v) is 14.6. The van der Waals surface area contributed by atoms with E-state index < -0.39 is 0 Å². The fourth-order valence-electron chi connectivity index (χ4n) is 2.40. The van der Waals surface area contributed by atoms with Gasteiger partial charge in [-0.1, -0.05) is 15.9 Å². The van der Waals surface area contributed by atoms with E-state index in [-0.39, 0.29) is 5.91 Å². The van der Waals surface area contributed by atoms with Crippen LogP contribution in [0, 0.1) is 5.92 Å². The van der Waals surface area contributed by atoms with Crippen LogP contribution in [0.4, 0.5) is 0 Å². The molecule has 0 bridgehead atoms. The maximum absolute atomic E-state index is 11.8. The average Bonchev–Trinajstić information content (AvgIpc) is 2.52. The molecule has 1 fully saturated rings. The molecule has 3 nitrogen and oxygen atoms in total. The molecule has 0 radical (unpaired) electrons. The quantitative estimate of drug-likeness (QED) is 0.570. The van der Waals surface area contributed by atoms with Gasteiger partial charge >= 0.3 is 0 Å². The van der Waals surface area contributed by atoms with E-state index in [1.807, 2.05) is 12.1 Å². The molecule has 116 valence electrons. The number of hydrogen-bond acceptors (Lipinski definition) is 3. The largest absolute Gasteiger partial charge is 0.356 e. The van der Waals surface area contributed by atoms with Crippen molar-refractivity contribution in [2.45, 2.75) is 30.6 Å². The molecule has 1 saturated heterocycles. The molecule has 1 aliphatic heterocycles. The van der Waals surface area contributed by atoms with E-state index in [4.69, 9.17) is 0 Å². The lowest BCUT2D eigenvalue weighted by Crippen LogP contribution is -2.38. The highest BCUT2D eigenvalue weighted by molar-refractivity contribution is 9.10. The number of nitrogens with one attached hydrogen (secondary N) is 2. The fourth-order valence-corrected chi connectivity index (χ4v) is 3.52. The molecular formula is C16H23BrN2OS. The van der Waals surface area contributed by atoms with Crippen molar-refractivity contribution in [2.24, 2.45) is 5.92 Å². The highest BCUT2D eigenvalue weighted by Crippen LogP contribution is 2.21. The van der Waals surface area contributed by atoms with Gasteiger partial charge in [0, 0.05) is 22.3 Å². The third-order valence-corrected chi connectivity index (χ3v) is 5.24. The van der Waals surface area contributed by atoms with Gasteiger partial charge in [0.25, 0.3) is 0 Å². The van der Waals surface area contributed by atoms with Crippen molar-refractivity contribution in [3.8, 4) is 0 Å². The standard InChI is InChI=1S/C16H23BrN2OS/c17-14-5-7-15(8-6-14)21-10-2-4-16(20)19-12-13-3-1-9-18-11-13/h5-8,13,18H,1-4,9-12H2,(H,19,20). The van der Waals surface area contributed by atoms with Gasteiger partial charge < -0.3 is 10.6 Å². The number of rotatable bonds is 7. The molecule has 1 amide bonds. The minimum Gasteiger partial charge on any atom is -0.356 e. The second-order valence-electron chi connectivity index (χ2n) is 5.42. The first kappa shape index (κ1) is 16.8. The summed E-state index contributed by atoms with van der Waals surface area (Å²) in [5.74, 6) is 1.79. The molecule has 1 unspecified atom stereocenters. The van der Waals surface area contributed by atoms with E-state index >= 15 is 0 Å². The highest BCUT2D eigenvalue weighted by Gasteiger charge is 2.13. The second kappa shape index (κ2) is 9.49. The van der Waals surface area contributed by atoms with Crippen LogP contribution >= 0.6 is 27.7 Å². The van der Waals surface area contributed by atoms with E-state index in [0.29, 0.717) is 12.3 Å². The molecule has 1 aromatic rings. The molecule has 0 aromatic heterocycles. The predicted molar refractivity (Wildman–Crippen MR) is 92.7 cm³/mol. The first-order chi connectivity index (χ1) is 10.2. The summed E-state index contributed by atoms with van der Waals surface area (Å²) in [5, 5.41) is 6.44. The number of amides is 1. The van der Waals surface area contributed by atoms with Crippen molar-refractivity contribution in [2.75, 3.05) is 25.4 Å². The van der Waals surface area contributed by atoms with Gasteiger partial charge in [0.1, 0.15) is 0 Å². The van der Waals surface area contributed by atoms with Gasteiger partial charge in [-0.25, -0.2) is 0 Å². The minimum absolute atomic E-state index is 0.192. The lowest BCUT2D eigenvalue weighted by atomic mass is 10.00. The van der Waals surface area contributed by atoms with E-state index in [2.05, 4.69) is 38.7 Å². The zero-order chi connectivity index (χ0) is 14.9. The molecule has 2 N–H and O–H groups in total. The molecule has 1 heterocycles. The number of hydrogen-bond donors (Lipinski definition) is 2. The molecule has 1 aliphatic rings. The number of benzene rings is 1. The normalized spacial score (nSPS) is 18.4. The SMILES string of the molecule is O=C(CCCSc1ccc(Br)cc1)NCC1CCCNC1. The molecule has 0 aliphatic carbocycles. The summed E-state index contributed by atoms with van der Waals surface area (Å²) in [4.78, 5) is 13.1. The monoisotopic (exact) mass is 370 g/mol. The van der Waals surface area contributed by atoms with Gasteiger partial charge in [-0.3, -0.25) is 4.79 Å². The van der Waals surface area contributed by atoms with Gasteiger partial charge in [-0.05, 0) is 68.3 Å². The van der Waals surface area contributed by atoms with Crippen LogP contribution in [-0.2, 0) is 4.79 Å². The summed E-state index contributed by atoms with van der Waals surface area (Å²) in [7, 11) is 0.